The van der Waals surface area contributed by atoms with Crippen molar-refractivity contribution in [3.05, 3.63) is 18.1 Å². The van der Waals surface area contributed by atoms with E-state index in [1.165, 1.54) is 12.7 Å². The number of aryl methyl sites for hydroxylation is 1. The zero-order valence-electron chi connectivity index (χ0n) is 11.6. The lowest BCUT2D eigenvalue weighted by Gasteiger charge is -2.08. The first-order chi connectivity index (χ1) is 9.31. The van der Waals surface area contributed by atoms with Gasteiger partial charge in [-0.3, -0.25) is 0 Å². The van der Waals surface area contributed by atoms with E-state index in [4.69, 9.17) is 4.74 Å². The molecule has 0 radical (unpaired) electrons. The number of hydrogen-bond acceptors (Lipinski definition) is 5. The molecule has 6 heteroatoms. The van der Waals surface area contributed by atoms with E-state index in [9.17, 15) is 0 Å². The second-order valence-corrected chi connectivity index (χ2v) is 4.50. The first kappa shape index (κ1) is 13.7. The Morgan fingerprint density at radius 2 is 2.16 bits per heavy atom. The molecule has 0 unspecified atom stereocenters. The van der Waals surface area contributed by atoms with Gasteiger partial charge in [0.2, 0.25) is 0 Å². The summed E-state index contributed by atoms with van der Waals surface area (Å²) in [5, 5.41) is 7.49. The lowest BCUT2D eigenvalue weighted by Crippen LogP contribution is -2.10. The van der Waals surface area contributed by atoms with Crippen LogP contribution >= 0.6 is 0 Å². The third kappa shape index (κ3) is 3.89. The number of unbranched alkanes of at least 4 members (excludes halogenated alkanes) is 1. The second kappa shape index (κ2) is 7.04. The Balaban J connectivity index is 1.79. The van der Waals surface area contributed by atoms with Gasteiger partial charge in [0.15, 0.2) is 0 Å². The monoisotopic (exact) mass is 263 g/mol. The van der Waals surface area contributed by atoms with Gasteiger partial charge in [-0.15, -0.1) is 0 Å². The molecule has 104 valence electrons. The summed E-state index contributed by atoms with van der Waals surface area (Å²) in [4.78, 5) is 8.39. The minimum absolute atomic E-state index is 0.627. The van der Waals surface area contributed by atoms with Crippen molar-refractivity contribution in [2.75, 3.05) is 25.1 Å². The molecule has 0 spiro atoms. The molecule has 0 atom stereocenters. The van der Waals surface area contributed by atoms with Crippen molar-refractivity contribution in [2.24, 2.45) is 0 Å². The highest BCUT2D eigenvalue weighted by Crippen LogP contribution is 2.09. The summed E-state index contributed by atoms with van der Waals surface area (Å²) in [5.74, 6) is 1.55. The molecular weight excluding hydrogens is 242 g/mol. The molecule has 1 N–H and O–H groups in total. The van der Waals surface area contributed by atoms with Crippen molar-refractivity contribution >= 4 is 11.6 Å². The summed E-state index contributed by atoms with van der Waals surface area (Å²) in [6.45, 7) is 6.62. The van der Waals surface area contributed by atoms with E-state index in [2.05, 4.69) is 27.3 Å². The van der Waals surface area contributed by atoms with Gasteiger partial charge in [0, 0.05) is 31.5 Å². The Morgan fingerprint density at radius 1 is 1.32 bits per heavy atom. The van der Waals surface area contributed by atoms with Gasteiger partial charge in [0.25, 0.3) is 5.78 Å². The van der Waals surface area contributed by atoms with Gasteiger partial charge >= 0.3 is 0 Å². The molecule has 0 aliphatic heterocycles. The van der Waals surface area contributed by atoms with E-state index in [0.717, 1.165) is 44.1 Å². The summed E-state index contributed by atoms with van der Waals surface area (Å²) in [7, 11) is 0. The first-order valence-electron chi connectivity index (χ1n) is 6.80. The van der Waals surface area contributed by atoms with Crippen LogP contribution in [0.4, 0.5) is 5.82 Å². The number of ether oxygens (including phenoxy) is 1. The van der Waals surface area contributed by atoms with Crippen LogP contribution in [0.3, 0.4) is 0 Å². The molecule has 0 amide bonds. The van der Waals surface area contributed by atoms with E-state index < -0.39 is 0 Å². The third-order valence-corrected chi connectivity index (χ3v) is 2.79. The molecular formula is C13H21N5O. The molecule has 0 aliphatic rings. The lowest BCUT2D eigenvalue weighted by molar-refractivity contribution is 0.131. The minimum atomic E-state index is 0.627. The smallest absolute Gasteiger partial charge is 0.254 e. The molecule has 6 nitrogen and oxygen atoms in total. The lowest BCUT2D eigenvalue weighted by atomic mass is 10.3. The van der Waals surface area contributed by atoms with Gasteiger partial charge in [-0.1, -0.05) is 13.3 Å². The van der Waals surface area contributed by atoms with E-state index in [-0.39, 0.29) is 0 Å². The van der Waals surface area contributed by atoms with Crippen molar-refractivity contribution in [2.45, 2.75) is 33.1 Å². The predicted molar refractivity (Wildman–Crippen MR) is 74.4 cm³/mol. The van der Waals surface area contributed by atoms with Crippen molar-refractivity contribution in [3.8, 4) is 0 Å². The van der Waals surface area contributed by atoms with E-state index in [1.807, 2.05) is 13.0 Å². The van der Waals surface area contributed by atoms with Crippen LogP contribution in [-0.4, -0.2) is 39.3 Å². The van der Waals surface area contributed by atoms with Crippen molar-refractivity contribution in [1.29, 1.82) is 0 Å². The summed E-state index contributed by atoms with van der Waals surface area (Å²) < 4.78 is 7.23. The fourth-order valence-corrected chi connectivity index (χ4v) is 1.80. The highest BCUT2D eigenvalue weighted by atomic mass is 16.5. The number of anilines is 1. The maximum Gasteiger partial charge on any atom is 0.254 e. The summed E-state index contributed by atoms with van der Waals surface area (Å²) in [5.41, 5.74) is 0.933. The molecule has 2 aromatic heterocycles. The van der Waals surface area contributed by atoms with Crippen LogP contribution in [0.5, 0.6) is 0 Å². The van der Waals surface area contributed by atoms with Crippen molar-refractivity contribution in [1.82, 2.24) is 19.6 Å². The molecule has 2 rings (SSSR count). The van der Waals surface area contributed by atoms with Crippen molar-refractivity contribution in [3.63, 3.8) is 0 Å². The summed E-state index contributed by atoms with van der Waals surface area (Å²) >= 11 is 0. The molecule has 0 bridgehead atoms. The van der Waals surface area contributed by atoms with E-state index in [1.54, 1.807) is 4.52 Å². The number of fused-ring (bicyclic) bond motifs is 1. The molecule has 0 aliphatic carbocycles. The van der Waals surface area contributed by atoms with Crippen LogP contribution in [0.25, 0.3) is 5.78 Å². The standard InChI is InChI=1S/C13H21N5O/c1-3-4-7-19-8-5-6-14-12-9-11(2)17-13-15-10-16-18(12)13/h9-10,14H,3-8H2,1-2H3. The largest absolute Gasteiger partial charge is 0.381 e. The van der Waals surface area contributed by atoms with Crippen molar-refractivity contribution < 1.29 is 4.74 Å². The SMILES string of the molecule is CCCCOCCCNc1cc(C)nc2ncnn12. The van der Waals surface area contributed by atoms with Gasteiger partial charge in [0.1, 0.15) is 12.1 Å². The summed E-state index contributed by atoms with van der Waals surface area (Å²) in [6, 6.07) is 1.97. The van der Waals surface area contributed by atoms with Gasteiger partial charge in [-0.05, 0) is 19.8 Å². The third-order valence-electron chi connectivity index (χ3n) is 2.79. The van der Waals surface area contributed by atoms with E-state index >= 15 is 0 Å². The predicted octanol–water partition coefficient (Wildman–Crippen LogP) is 2.05. The fourth-order valence-electron chi connectivity index (χ4n) is 1.80. The Hall–Kier alpha value is -1.69. The Bertz CT molecular complexity index is 511. The van der Waals surface area contributed by atoms with Crippen LogP contribution in [0.2, 0.25) is 0 Å². The average Bonchev–Trinajstić information content (AvgIpc) is 2.85. The van der Waals surface area contributed by atoms with Crippen LogP contribution in [0, 0.1) is 6.92 Å². The molecule has 2 aromatic rings. The molecule has 0 saturated carbocycles. The minimum Gasteiger partial charge on any atom is -0.381 e. The maximum atomic E-state index is 5.52. The van der Waals surface area contributed by atoms with Gasteiger partial charge in [0.05, 0.1) is 0 Å². The average molecular weight is 263 g/mol. The number of hydrogen-bond donors (Lipinski definition) is 1. The fraction of sp³-hybridized carbons (Fsp3) is 0.615. The first-order valence-corrected chi connectivity index (χ1v) is 6.80. The van der Waals surface area contributed by atoms with Crippen LogP contribution in [-0.2, 0) is 4.74 Å². The van der Waals surface area contributed by atoms with Crippen LogP contribution < -0.4 is 5.32 Å². The van der Waals surface area contributed by atoms with Gasteiger partial charge < -0.3 is 10.1 Å². The number of aromatic nitrogens is 4. The normalized spacial score (nSPS) is 11.1. The Labute approximate surface area is 113 Å². The maximum absolute atomic E-state index is 5.52. The molecule has 0 aromatic carbocycles. The molecule has 19 heavy (non-hydrogen) atoms. The van der Waals surface area contributed by atoms with Gasteiger partial charge in [-0.25, -0.2) is 4.98 Å². The summed E-state index contributed by atoms with van der Waals surface area (Å²) in [6.07, 6.45) is 4.80. The molecule has 0 fully saturated rings. The zero-order valence-corrected chi connectivity index (χ0v) is 11.6. The van der Waals surface area contributed by atoms with Crippen LogP contribution in [0.15, 0.2) is 12.4 Å². The topological polar surface area (TPSA) is 64.3 Å². The zero-order chi connectivity index (χ0) is 13.5. The second-order valence-electron chi connectivity index (χ2n) is 4.50. The molecule has 2 heterocycles. The Kier molecular flexibility index (Phi) is 5.09. The molecule has 0 saturated heterocycles. The number of nitrogens with zero attached hydrogens (tertiary/aromatic N) is 4. The Morgan fingerprint density at radius 3 is 3.00 bits per heavy atom. The number of rotatable bonds is 8. The highest BCUT2D eigenvalue weighted by molar-refractivity contribution is 5.44. The van der Waals surface area contributed by atoms with E-state index in [0.29, 0.717) is 5.78 Å². The van der Waals surface area contributed by atoms with Crippen LogP contribution in [0.1, 0.15) is 31.9 Å². The quantitative estimate of drug-likeness (QED) is 0.738. The van der Waals surface area contributed by atoms with Gasteiger partial charge in [-0.2, -0.15) is 14.6 Å². The highest BCUT2D eigenvalue weighted by Gasteiger charge is 2.04. The number of nitrogens with one attached hydrogen (secondary N) is 1.